The van der Waals surface area contributed by atoms with Gasteiger partial charge < -0.3 is 19.5 Å². The van der Waals surface area contributed by atoms with Crippen molar-refractivity contribution in [1.29, 1.82) is 0 Å². The largest absolute Gasteiger partial charge is 0.480 e. The third kappa shape index (κ3) is 8.00. The topological polar surface area (TPSA) is 93.1 Å². The van der Waals surface area contributed by atoms with Crippen molar-refractivity contribution in [1.82, 2.24) is 4.90 Å². The first kappa shape index (κ1) is 24.1. The van der Waals surface area contributed by atoms with Gasteiger partial charge in [0.1, 0.15) is 6.61 Å². The zero-order valence-electron chi connectivity index (χ0n) is 16.7. The molecule has 0 aliphatic carbocycles. The molecular weight excluding hydrogens is 382 g/mol. The zero-order chi connectivity index (χ0) is 20.9. The standard InChI is InChI=1S/C20H29NO6S/c1-4-6-15(2)21(3)20(25)19-16(13-22)7-5-8-17(19)28-12-11-26-9-10-27-14-18(23)24/h5,7-8,13,15H,4,6,9-12,14H2,1-3H3,(H,23,24). The van der Waals surface area contributed by atoms with Crippen LogP contribution in [-0.2, 0) is 14.3 Å². The van der Waals surface area contributed by atoms with E-state index in [-0.39, 0.29) is 25.2 Å². The van der Waals surface area contributed by atoms with Gasteiger partial charge in [-0.15, -0.1) is 11.8 Å². The van der Waals surface area contributed by atoms with Gasteiger partial charge in [0.15, 0.2) is 6.29 Å². The Hall–Kier alpha value is -1.90. The fraction of sp³-hybridized carbons (Fsp3) is 0.550. The lowest BCUT2D eigenvalue weighted by Gasteiger charge is -2.26. The van der Waals surface area contributed by atoms with Gasteiger partial charge in [0.25, 0.3) is 5.91 Å². The Kier molecular flexibility index (Phi) is 11.5. The van der Waals surface area contributed by atoms with E-state index in [0.29, 0.717) is 36.4 Å². The first-order chi connectivity index (χ1) is 13.4. The van der Waals surface area contributed by atoms with E-state index in [9.17, 15) is 14.4 Å². The fourth-order valence-electron chi connectivity index (χ4n) is 2.57. The van der Waals surface area contributed by atoms with Gasteiger partial charge in [0.05, 0.1) is 25.4 Å². The number of carboxylic acids is 1. The minimum Gasteiger partial charge on any atom is -0.480 e. The molecule has 1 aromatic carbocycles. The number of rotatable bonds is 14. The number of nitrogens with zero attached hydrogens (tertiary/aromatic N) is 1. The molecule has 1 N–H and O–H groups in total. The van der Waals surface area contributed by atoms with Crippen LogP contribution in [0, 0.1) is 0 Å². The molecule has 0 aromatic heterocycles. The highest BCUT2D eigenvalue weighted by Crippen LogP contribution is 2.27. The molecule has 0 aliphatic heterocycles. The molecular formula is C20H29NO6S. The number of thioether (sulfide) groups is 1. The van der Waals surface area contributed by atoms with E-state index in [4.69, 9.17) is 14.6 Å². The van der Waals surface area contributed by atoms with E-state index in [1.807, 2.05) is 13.0 Å². The molecule has 28 heavy (non-hydrogen) atoms. The second-order valence-corrected chi connectivity index (χ2v) is 7.44. The van der Waals surface area contributed by atoms with E-state index >= 15 is 0 Å². The van der Waals surface area contributed by atoms with Crippen LogP contribution < -0.4 is 0 Å². The summed E-state index contributed by atoms with van der Waals surface area (Å²) in [7, 11) is 1.76. The summed E-state index contributed by atoms with van der Waals surface area (Å²) in [4.78, 5) is 37.2. The van der Waals surface area contributed by atoms with E-state index < -0.39 is 5.97 Å². The van der Waals surface area contributed by atoms with Crippen LogP contribution in [0.5, 0.6) is 0 Å². The number of carboxylic acid groups (broad SMARTS) is 1. The molecule has 0 aliphatic rings. The van der Waals surface area contributed by atoms with Gasteiger partial charge in [-0.25, -0.2) is 4.79 Å². The van der Waals surface area contributed by atoms with Crippen LogP contribution in [0.2, 0.25) is 0 Å². The summed E-state index contributed by atoms with van der Waals surface area (Å²) in [5, 5.41) is 8.47. The van der Waals surface area contributed by atoms with Crippen LogP contribution >= 0.6 is 11.8 Å². The van der Waals surface area contributed by atoms with Crippen LogP contribution in [0.1, 0.15) is 47.4 Å². The lowest BCUT2D eigenvalue weighted by molar-refractivity contribution is -0.142. The van der Waals surface area contributed by atoms with Gasteiger partial charge in [-0.2, -0.15) is 0 Å². The summed E-state index contributed by atoms with van der Waals surface area (Å²) in [5.74, 6) is -0.578. The molecule has 1 aromatic rings. The molecule has 0 fully saturated rings. The summed E-state index contributed by atoms with van der Waals surface area (Å²) in [6.07, 6.45) is 2.58. The van der Waals surface area contributed by atoms with Crippen molar-refractivity contribution in [3.05, 3.63) is 29.3 Å². The Labute approximate surface area is 170 Å². The number of ether oxygens (including phenoxy) is 2. The van der Waals surface area contributed by atoms with Gasteiger partial charge in [-0.05, 0) is 19.4 Å². The molecule has 7 nitrogen and oxygen atoms in total. The Morgan fingerprint density at radius 2 is 1.96 bits per heavy atom. The van der Waals surface area contributed by atoms with Gasteiger partial charge in [0, 0.05) is 29.3 Å². The first-order valence-electron chi connectivity index (χ1n) is 9.27. The van der Waals surface area contributed by atoms with Crippen LogP contribution in [0.3, 0.4) is 0 Å². The molecule has 0 bridgehead atoms. The van der Waals surface area contributed by atoms with Crippen molar-refractivity contribution in [2.75, 3.05) is 39.2 Å². The van der Waals surface area contributed by atoms with Crippen molar-refractivity contribution >= 4 is 29.9 Å². The van der Waals surface area contributed by atoms with Crippen LogP contribution in [0.25, 0.3) is 0 Å². The summed E-state index contributed by atoms with van der Waals surface area (Å²) < 4.78 is 10.3. The molecule has 0 saturated carbocycles. The Bertz CT molecular complexity index is 652. The molecule has 0 heterocycles. The monoisotopic (exact) mass is 411 g/mol. The normalized spacial score (nSPS) is 11.8. The van der Waals surface area contributed by atoms with Crippen molar-refractivity contribution < 1.29 is 29.0 Å². The zero-order valence-corrected chi connectivity index (χ0v) is 17.5. The number of benzene rings is 1. The first-order valence-corrected chi connectivity index (χ1v) is 10.3. The van der Waals surface area contributed by atoms with Gasteiger partial charge in [-0.3, -0.25) is 9.59 Å². The van der Waals surface area contributed by atoms with Gasteiger partial charge in [-0.1, -0.05) is 25.5 Å². The predicted molar refractivity (Wildman–Crippen MR) is 108 cm³/mol. The second kappa shape index (κ2) is 13.3. The van der Waals surface area contributed by atoms with Gasteiger partial charge >= 0.3 is 5.97 Å². The van der Waals surface area contributed by atoms with E-state index in [1.165, 1.54) is 11.8 Å². The molecule has 0 spiro atoms. The maximum atomic E-state index is 13.0. The predicted octanol–water partition coefficient (Wildman–Crippen LogP) is 2.97. The number of hydrogen-bond acceptors (Lipinski definition) is 6. The quantitative estimate of drug-likeness (QED) is 0.286. The Morgan fingerprint density at radius 1 is 1.25 bits per heavy atom. The minimum atomic E-state index is -1.01. The molecule has 8 heteroatoms. The number of aldehydes is 1. The van der Waals surface area contributed by atoms with Crippen molar-refractivity contribution in [3.63, 3.8) is 0 Å². The summed E-state index contributed by atoms with van der Waals surface area (Å²) in [5.41, 5.74) is 0.811. The van der Waals surface area contributed by atoms with Crippen molar-refractivity contribution in [3.8, 4) is 0 Å². The molecule has 0 saturated heterocycles. The van der Waals surface area contributed by atoms with Crippen LogP contribution in [0.15, 0.2) is 23.1 Å². The molecule has 1 atom stereocenters. The van der Waals surface area contributed by atoms with E-state index in [1.54, 1.807) is 24.1 Å². The van der Waals surface area contributed by atoms with E-state index in [0.717, 1.165) is 17.7 Å². The average Bonchev–Trinajstić information content (AvgIpc) is 2.68. The number of aliphatic carboxylic acids is 1. The van der Waals surface area contributed by atoms with E-state index in [2.05, 4.69) is 6.92 Å². The highest BCUT2D eigenvalue weighted by molar-refractivity contribution is 7.99. The molecule has 0 radical (unpaired) electrons. The fourth-order valence-corrected chi connectivity index (χ4v) is 3.52. The molecule has 1 rings (SSSR count). The minimum absolute atomic E-state index is 0.0872. The highest BCUT2D eigenvalue weighted by atomic mass is 32.2. The van der Waals surface area contributed by atoms with Crippen LogP contribution in [0.4, 0.5) is 0 Å². The average molecular weight is 412 g/mol. The summed E-state index contributed by atoms with van der Waals surface area (Å²) in [6.45, 7) is 4.65. The third-order valence-electron chi connectivity index (χ3n) is 4.17. The SMILES string of the molecule is CCCC(C)N(C)C(=O)c1c(C=O)cccc1SCCOCCOCC(=O)O. The number of hydrogen-bond donors (Lipinski definition) is 1. The number of carbonyl (C=O) groups is 3. The second-order valence-electron chi connectivity index (χ2n) is 6.30. The Morgan fingerprint density at radius 3 is 2.61 bits per heavy atom. The smallest absolute Gasteiger partial charge is 0.329 e. The van der Waals surface area contributed by atoms with Crippen LogP contribution in [-0.4, -0.2) is 73.4 Å². The summed E-state index contributed by atoms with van der Waals surface area (Å²) in [6, 6.07) is 5.33. The van der Waals surface area contributed by atoms with Gasteiger partial charge in [0.2, 0.25) is 0 Å². The van der Waals surface area contributed by atoms with Crippen molar-refractivity contribution in [2.24, 2.45) is 0 Å². The molecule has 156 valence electrons. The lowest BCUT2D eigenvalue weighted by atomic mass is 10.1. The maximum absolute atomic E-state index is 13.0. The number of carbonyl (C=O) groups excluding carboxylic acids is 2. The highest BCUT2D eigenvalue weighted by Gasteiger charge is 2.22. The lowest BCUT2D eigenvalue weighted by Crippen LogP contribution is -2.35. The maximum Gasteiger partial charge on any atom is 0.329 e. The van der Waals surface area contributed by atoms with Crippen molar-refractivity contribution in [2.45, 2.75) is 37.6 Å². The summed E-state index contributed by atoms with van der Waals surface area (Å²) >= 11 is 1.45. The number of amides is 1. The Balaban J connectivity index is 2.66. The molecule has 1 amide bonds. The molecule has 1 unspecified atom stereocenters. The third-order valence-corrected chi connectivity index (χ3v) is 5.19.